The molecule has 1 aliphatic heterocycles. The SMILES string of the molecule is C=NN(c1ccc(NC(=O)c2ccc(=O)n(-c3c(F)cccc3F)n2)c(N2CC[C@@H](N)C2)c1C)C(C)C. The van der Waals surface area contributed by atoms with Crippen molar-refractivity contribution in [3.05, 3.63) is 75.7 Å². The fourth-order valence-electron chi connectivity index (χ4n) is 4.52. The maximum atomic E-state index is 14.3. The van der Waals surface area contributed by atoms with Crippen molar-refractivity contribution < 1.29 is 13.6 Å². The molecule has 0 saturated carbocycles. The van der Waals surface area contributed by atoms with E-state index in [9.17, 15) is 18.4 Å². The number of rotatable bonds is 7. The van der Waals surface area contributed by atoms with Gasteiger partial charge in [0.15, 0.2) is 11.6 Å². The van der Waals surface area contributed by atoms with Crippen LogP contribution in [0.5, 0.6) is 0 Å². The lowest BCUT2D eigenvalue weighted by molar-refractivity contribution is 0.102. The number of nitrogens with one attached hydrogen (secondary N) is 1. The molecule has 3 aromatic rings. The molecule has 2 aromatic carbocycles. The van der Waals surface area contributed by atoms with E-state index in [4.69, 9.17) is 5.73 Å². The van der Waals surface area contributed by atoms with Crippen molar-refractivity contribution in [3.8, 4) is 5.69 Å². The molecule has 0 spiro atoms. The number of carbonyl (C=O) groups excluding carboxylic acids is 1. The number of aromatic nitrogens is 2. The number of hydrogen-bond acceptors (Lipinski definition) is 7. The molecule has 11 heteroatoms. The number of anilines is 3. The van der Waals surface area contributed by atoms with Crippen LogP contribution >= 0.6 is 0 Å². The highest BCUT2D eigenvalue weighted by molar-refractivity contribution is 6.05. The summed E-state index contributed by atoms with van der Waals surface area (Å²) in [6.07, 6.45) is 0.797. The van der Waals surface area contributed by atoms with Gasteiger partial charge in [-0.2, -0.15) is 14.9 Å². The van der Waals surface area contributed by atoms with Gasteiger partial charge >= 0.3 is 0 Å². The molecule has 0 aliphatic carbocycles. The van der Waals surface area contributed by atoms with Gasteiger partial charge < -0.3 is 16.0 Å². The smallest absolute Gasteiger partial charge is 0.276 e. The molecule has 1 amide bonds. The van der Waals surface area contributed by atoms with Crippen molar-refractivity contribution in [2.24, 2.45) is 10.8 Å². The topological polar surface area (TPSA) is 109 Å². The number of para-hydroxylation sites is 1. The van der Waals surface area contributed by atoms with Gasteiger partial charge in [0.1, 0.15) is 11.4 Å². The molecule has 37 heavy (non-hydrogen) atoms. The van der Waals surface area contributed by atoms with Crippen molar-refractivity contribution in [1.29, 1.82) is 0 Å². The van der Waals surface area contributed by atoms with Gasteiger partial charge in [0.2, 0.25) is 0 Å². The van der Waals surface area contributed by atoms with E-state index in [2.05, 4.69) is 27.1 Å². The molecule has 1 saturated heterocycles. The zero-order valence-electron chi connectivity index (χ0n) is 20.9. The van der Waals surface area contributed by atoms with Gasteiger partial charge in [-0.1, -0.05) is 6.07 Å². The molecule has 0 bridgehead atoms. The number of nitrogens with zero attached hydrogens (tertiary/aromatic N) is 5. The van der Waals surface area contributed by atoms with E-state index in [0.717, 1.165) is 41.6 Å². The van der Waals surface area contributed by atoms with Crippen molar-refractivity contribution in [1.82, 2.24) is 9.78 Å². The van der Waals surface area contributed by atoms with Gasteiger partial charge in [-0.3, -0.25) is 14.6 Å². The highest BCUT2D eigenvalue weighted by Crippen LogP contribution is 2.39. The van der Waals surface area contributed by atoms with Crippen molar-refractivity contribution in [2.75, 3.05) is 28.3 Å². The Morgan fingerprint density at radius 2 is 1.89 bits per heavy atom. The maximum Gasteiger partial charge on any atom is 0.276 e. The first-order valence-corrected chi connectivity index (χ1v) is 11.9. The summed E-state index contributed by atoms with van der Waals surface area (Å²) in [5.74, 6) is -2.60. The van der Waals surface area contributed by atoms with Crippen LogP contribution in [0.2, 0.25) is 0 Å². The molecule has 2 heterocycles. The summed E-state index contributed by atoms with van der Waals surface area (Å²) in [5.41, 5.74) is 7.54. The van der Waals surface area contributed by atoms with E-state index in [1.54, 1.807) is 11.1 Å². The first kappa shape index (κ1) is 26.0. The van der Waals surface area contributed by atoms with Crippen LogP contribution in [0.4, 0.5) is 25.8 Å². The lowest BCUT2D eigenvalue weighted by Gasteiger charge is -2.30. The van der Waals surface area contributed by atoms with Crippen molar-refractivity contribution in [3.63, 3.8) is 0 Å². The Labute approximate surface area is 213 Å². The molecule has 1 fully saturated rings. The molecule has 1 aromatic heterocycles. The highest BCUT2D eigenvalue weighted by Gasteiger charge is 2.27. The summed E-state index contributed by atoms with van der Waals surface area (Å²) in [5, 5.41) is 12.7. The Morgan fingerprint density at radius 1 is 1.19 bits per heavy atom. The first-order valence-electron chi connectivity index (χ1n) is 11.9. The van der Waals surface area contributed by atoms with Crippen molar-refractivity contribution in [2.45, 2.75) is 39.3 Å². The van der Waals surface area contributed by atoms with Crippen LogP contribution < -0.4 is 26.5 Å². The fraction of sp³-hybridized carbons (Fsp3) is 0.308. The van der Waals surface area contributed by atoms with Crippen LogP contribution in [0.25, 0.3) is 5.69 Å². The average molecular weight is 510 g/mol. The lowest BCUT2D eigenvalue weighted by atomic mass is 10.1. The summed E-state index contributed by atoms with van der Waals surface area (Å²) >= 11 is 0. The third-order valence-electron chi connectivity index (χ3n) is 6.26. The number of benzene rings is 2. The normalized spacial score (nSPS) is 15.2. The molecule has 3 N–H and O–H groups in total. The molecular formula is C26H29F2N7O2. The molecule has 9 nitrogen and oxygen atoms in total. The van der Waals surface area contributed by atoms with Gasteiger partial charge in [0.25, 0.3) is 11.5 Å². The summed E-state index contributed by atoms with van der Waals surface area (Å²) in [6, 6.07) is 9.08. The minimum Gasteiger partial charge on any atom is -0.368 e. The second-order valence-corrected chi connectivity index (χ2v) is 9.17. The van der Waals surface area contributed by atoms with Gasteiger partial charge in [-0.15, -0.1) is 0 Å². The van der Waals surface area contributed by atoms with Crippen LogP contribution in [-0.4, -0.2) is 47.6 Å². The number of nitrogens with two attached hydrogens (primary N) is 1. The van der Waals surface area contributed by atoms with Crippen LogP contribution in [0.1, 0.15) is 36.3 Å². The van der Waals surface area contributed by atoms with Gasteiger partial charge in [-0.05, 0) is 63.1 Å². The highest BCUT2D eigenvalue weighted by atomic mass is 19.1. The van der Waals surface area contributed by atoms with E-state index in [1.807, 2.05) is 26.8 Å². The minimum absolute atomic E-state index is 0.00812. The zero-order chi connectivity index (χ0) is 26.9. The Balaban J connectivity index is 1.75. The Hall–Kier alpha value is -4.12. The Kier molecular flexibility index (Phi) is 7.35. The van der Waals surface area contributed by atoms with E-state index < -0.39 is 28.8 Å². The summed E-state index contributed by atoms with van der Waals surface area (Å²) in [7, 11) is 0. The molecule has 0 radical (unpaired) electrons. The predicted octanol–water partition coefficient (Wildman–Crippen LogP) is 3.44. The molecule has 0 unspecified atom stereocenters. The van der Waals surface area contributed by atoms with E-state index >= 15 is 0 Å². The number of carbonyl (C=O) groups is 1. The van der Waals surface area contributed by atoms with Crippen LogP contribution in [0, 0.1) is 18.6 Å². The molecule has 4 rings (SSSR count). The van der Waals surface area contributed by atoms with Gasteiger partial charge in [0.05, 0.1) is 17.1 Å². The number of hydrazone groups is 1. The number of hydrogen-bond donors (Lipinski definition) is 2. The second kappa shape index (κ2) is 10.5. The van der Waals surface area contributed by atoms with E-state index in [-0.39, 0.29) is 17.8 Å². The van der Waals surface area contributed by atoms with E-state index in [1.165, 1.54) is 12.1 Å². The number of amides is 1. The zero-order valence-corrected chi connectivity index (χ0v) is 20.9. The first-order chi connectivity index (χ1) is 17.6. The fourth-order valence-corrected chi connectivity index (χ4v) is 4.52. The average Bonchev–Trinajstić information content (AvgIpc) is 3.27. The molecule has 194 valence electrons. The second-order valence-electron chi connectivity index (χ2n) is 9.17. The van der Waals surface area contributed by atoms with Crippen LogP contribution in [0.3, 0.4) is 0 Å². The summed E-state index contributed by atoms with van der Waals surface area (Å²) in [6.45, 7) is 10.9. The monoisotopic (exact) mass is 509 g/mol. The molecule has 1 aliphatic rings. The third kappa shape index (κ3) is 5.08. The van der Waals surface area contributed by atoms with E-state index in [0.29, 0.717) is 23.5 Å². The van der Waals surface area contributed by atoms with Crippen LogP contribution in [0.15, 0.2) is 52.4 Å². The predicted molar refractivity (Wildman–Crippen MR) is 141 cm³/mol. The van der Waals surface area contributed by atoms with Gasteiger partial charge in [0, 0.05) is 38.0 Å². The lowest BCUT2D eigenvalue weighted by Crippen LogP contribution is -2.30. The Morgan fingerprint density at radius 3 is 2.49 bits per heavy atom. The van der Waals surface area contributed by atoms with Gasteiger partial charge in [-0.25, -0.2) is 8.78 Å². The summed E-state index contributed by atoms with van der Waals surface area (Å²) in [4.78, 5) is 27.7. The Bertz CT molecular complexity index is 1390. The minimum atomic E-state index is -0.975. The maximum absolute atomic E-state index is 14.3. The van der Waals surface area contributed by atoms with Crippen molar-refractivity contribution >= 4 is 29.7 Å². The number of halogens is 2. The quantitative estimate of drug-likeness (QED) is 0.373. The summed E-state index contributed by atoms with van der Waals surface area (Å²) < 4.78 is 29.2. The standard InChI is InChI=1S/C26H29F2N7O2/c1-15(2)34(30-4)22-10-8-20(24(16(22)3)33-13-12-17(29)14-33)31-26(37)21-9-11-23(36)35(32-21)25-18(27)6-5-7-19(25)28/h5-11,15,17H,4,12-14,29H2,1-3H3,(H,31,37)/t17-/m1/s1. The van der Waals surface area contributed by atoms with Crippen LogP contribution in [-0.2, 0) is 0 Å². The third-order valence-corrected chi connectivity index (χ3v) is 6.26. The largest absolute Gasteiger partial charge is 0.368 e. The molecular weight excluding hydrogens is 480 g/mol. The molecule has 1 atom stereocenters.